The molecule has 0 aliphatic rings. The monoisotopic (exact) mass is 812 g/mol. The molecule has 58 heavy (non-hydrogen) atoms. The van der Waals surface area contributed by atoms with E-state index in [1.54, 1.807) is 0 Å². The van der Waals surface area contributed by atoms with Crippen molar-refractivity contribution in [2.24, 2.45) is 0 Å². The summed E-state index contributed by atoms with van der Waals surface area (Å²) in [5.41, 5.74) is 0. The molecular weight excluding hydrogens is 719 g/mol. The minimum atomic E-state index is -0.799. The van der Waals surface area contributed by atoms with E-state index < -0.39 is 18.2 Å². The van der Waals surface area contributed by atoms with Gasteiger partial charge < -0.3 is 20.3 Å². The van der Waals surface area contributed by atoms with Crippen LogP contribution in [0.3, 0.4) is 0 Å². The average Bonchev–Trinajstić information content (AvgIpc) is 3.22. The summed E-state index contributed by atoms with van der Waals surface area (Å²) in [5, 5.41) is 23.7. The Morgan fingerprint density at radius 1 is 0.517 bits per heavy atom. The number of unbranched alkanes of at least 4 members (excludes halogenated alkanes) is 25. The molecule has 0 saturated heterocycles. The van der Waals surface area contributed by atoms with Crippen LogP contribution in [0.25, 0.3) is 0 Å². The van der Waals surface area contributed by atoms with Crippen LogP contribution in [0, 0.1) is 0 Å². The highest BCUT2D eigenvalue weighted by Crippen LogP contribution is 2.18. The number of nitrogens with one attached hydrogen (secondary N) is 1. The Labute approximate surface area is 358 Å². The van der Waals surface area contributed by atoms with E-state index in [9.17, 15) is 19.8 Å². The molecule has 0 aliphatic carbocycles. The molecule has 0 fully saturated rings. The van der Waals surface area contributed by atoms with Crippen LogP contribution in [0.1, 0.15) is 233 Å². The zero-order chi connectivity index (χ0) is 42.4. The van der Waals surface area contributed by atoms with Crippen molar-refractivity contribution < 1.29 is 24.5 Å². The molecule has 0 aliphatic heterocycles. The molecule has 0 heterocycles. The van der Waals surface area contributed by atoms with E-state index in [4.69, 9.17) is 4.74 Å². The Hall–Kier alpha value is -2.44. The highest BCUT2D eigenvalue weighted by atomic mass is 16.5. The van der Waals surface area contributed by atoms with E-state index in [-0.39, 0.29) is 24.9 Å². The summed E-state index contributed by atoms with van der Waals surface area (Å²) in [4.78, 5) is 26.0. The summed E-state index contributed by atoms with van der Waals surface area (Å²) in [6.07, 6.45) is 55.7. The van der Waals surface area contributed by atoms with Crippen LogP contribution in [-0.2, 0) is 14.3 Å². The minimum absolute atomic E-state index is 0.0493. The lowest BCUT2D eigenvalue weighted by molar-refractivity contribution is -0.151. The second-order valence-electron chi connectivity index (χ2n) is 16.6. The van der Waals surface area contributed by atoms with Gasteiger partial charge in [0.25, 0.3) is 0 Å². The number of allylic oxidation sites excluding steroid dienone is 10. The van der Waals surface area contributed by atoms with E-state index in [2.05, 4.69) is 32.2 Å². The Balaban J connectivity index is 4.57. The predicted octanol–water partition coefficient (Wildman–Crippen LogP) is 14.5. The SMILES string of the molecule is CC/C=C/C=C/C=C\C=C/C=C/CCCC(=O)OC(CCCCCCCCCCCC)CC(=O)NC(CO)C(O)CCCCCCCCCCCCCCCCCC. The van der Waals surface area contributed by atoms with E-state index in [0.717, 1.165) is 51.4 Å². The lowest BCUT2D eigenvalue weighted by Gasteiger charge is -2.24. The van der Waals surface area contributed by atoms with E-state index in [1.807, 2.05) is 54.7 Å². The Morgan fingerprint density at radius 2 is 0.914 bits per heavy atom. The van der Waals surface area contributed by atoms with Crippen molar-refractivity contribution in [3.05, 3.63) is 60.8 Å². The summed E-state index contributed by atoms with van der Waals surface area (Å²) < 4.78 is 5.87. The molecule has 336 valence electrons. The molecule has 0 saturated carbocycles. The molecule has 1 amide bonds. The quantitative estimate of drug-likeness (QED) is 0.0324. The Bertz CT molecular complexity index is 1050. The lowest BCUT2D eigenvalue weighted by Crippen LogP contribution is -2.46. The molecule has 6 nitrogen and oxygen atoms in total. The number of hydrogen-bond donors (Lipinski definition) is 3. The number of hydrogen-bond acceptors (Lipinski definition) is 5. The lowest BCUT2D eigenvalue weighted by atomic mass is 10.0. The molecule has 3 atom stereocenters. The zero-order valence-electron chi connectivity index (χ0n) is 38.2. The molecule has 0 bridgehead atoms. The van der Waals surface area contributed by atoms with Crippen molar-refractivity contribution in [3.8, 4) is 0 Å². The van der Waals surface area contributed by atoms with Crippen molar-refractivity contribution >= 4 is 11.9 Å². The van der Waals surface area contributed by atoms with Crippen LogP contribution in [0.2, 0.25) is 0 Å². The van der Waals surface area contributed by atoms with E-state index >= 15 is 0 Å². The number of carbonyl (C=O) groups is 2. The molecule has 0 aromatic rings. The van der Waals surface area contributed by atoms with E-state index in [0.29, 0.717) is 25.7 Å². The van der Waals surface area contributed by atoms with Gasteiger partial charge in [0, 0.05) is 6.42 Å². The van der Waals surface area contributed by atoms with Crippen LogP contribution >= 0.6 is 0 Å². The standard InChI is InChI=1S/C52H93NO5/c1-4-7-10-13-16-19-22-24-25-26-28-29-32-35-38-41-44-50(55)49(47-54)53-51(56)46-48(43-40-37-34-31-21-18-15-12-9-6-3)58-52(57)45-42-39-36-33-30-27-23-20-17-14-11-8-5-2/h8,11,14,17,20,23,27,30,33,36,48-50,54-55H,4-7,9-10,12-13,15-16,18-19,21-22,24-26,28-29,31-32,34-35,37-47H2,1-3H3,(H,53,56)/b11-8+,17-14+,23-20-,30-27-,36-33+. The number of rotatable bonds is 43. The van der Waals surface area contributed by atoms with E-state index in [1.165, 1.54) is 128 Å². The van der Waals surface area contributed by atoms with Gasteiger partial charge in [0.2, 0.25) is 5.91 Å². The number of esters is 1. The normalized spacial score (nSPS) is 13.8. The number of aliphatic hydroxyl groups excluding tert-OH is 2. The number of ether oxygens (including phenoxy) is 1. The molecule has 0 aromatic carbocycles. The average molecular weight is 812 g/mol. The van der Waals surface area contributed by atoms with Gasteiger partial charge in [0.1, 0.15) is 6.10 Å². The highest BCUT2D eigenvalue weighted by Gasteiger charge is 2.24. The largest absolute Gasteiger partial charge is 0.462 e. The van der Waals surface area contributed by atoms with Crippen LogP contribution in [0.15, 0.2) is 60.8 Å². The summed E-state index contributed by atoms with van der Waals surface area (Å²) in [5.74, 6) is -0.561. The van der Waals surface area contributed by atoms with Crippen LogP contribution in [-0.4, -0.2) is 46.9 Å². The maximum absolute atomic E-state index is 13.1. The van der Waals surface area contributed by atoms with Crippen LogP contribution < -0.4 is 5.32 Å². The number of carbonyl (C=O) groups excluding carboxylic acids is 2. The van der Waals surface area contributed by atoms with Crippen molar-refractivity contribution in [1.29, 1.82) is 0 Å². The zero-order valence-corrected chi connectivity index (χ0v) is 38.2. The fraction of sp³-hybridized carbons (Fsp3) is 0.769. The van der Waals surface area contributed by atoms with Crippen LogP contribution in [0.5, 0.6) is 0 Å². The molecule has 6 heteroatoms. The highest BCUT2D eigenvalue weighted by molar-refractivity contribution is 5.77. The van der Waals surface area contributed by atoms with Gasteiger partial charge >= 0.3 is 5.97 Å². The summed E-state index contributed by atoms with van der Waals surface area (Å²) in [6, 6.07) is -0.715. The Kier molecular flexibility index (Phi) is 43.7. The number of amides is 1. The van der Waals surface area contributed by atoms with Gasteiger partial charge in [-0.1, -0.05) is 242 Å². The summed E-state index contributed by atoms with van der Waals surface area (Å²) in [7, 11) is 0. The van der Waals surface area contributed by atoms with Gasteiger partial charge in [-0.2, -0.15) is 0 Å². The first-order valence-electron chi connectivity index (χ1n) is 24.6. The molecule has 0 rings (SSSR count). The number of aliphatic hydroxyl groups is 2. The molecule has 0 aromatic heterocycles. The second kappa shape index (κ2) is 45.6. The van der Waals surface area contributed by atoms with Crippen LogP contribution in [0.4, 0.5) is 0 Å². The minimum Gasteiger partial charge on any atom is -0.462 e. The molecular formula is C52H93NO5. The van der Waals surface area contributed by atoms with Crippen molar-refractivity contribution in [2.75, 3.05) is 6.61 Å². The molecule has 0 radical (unpaired) electrons. The molecule has 3 unspecified atom stereocenters. The third kappa shape index (κ3) is 40.3. The smallest absolute Gasteiger partial charge is 0.306 e. The Morgan fingerprint density at radius 3 is 1.34 bits per heavy atom. The maximum Gasteiger partial charge on any atom is 0.306 e. The molecule has 3 N–H and O–H groups in total. The first-order valence-corrected chi connectivity index (χ1v) is 24.6. The first kappa shape index (κ1) is 55.6. The summed E-state index contributed by atoms with van der Waals surface area (Å²) >= 11 is 0. The topological polar surface area (TPSA) is 95.9 Å². The van der Waals surface area contributed by atoms with Gasteiger partial charge in [-0.15, -0.1) is 0 Å². The fourth-order valence-electron chi connectivity index (χ4n) is 7.28. The fourth-order valence-corrected chi connectivity index (χ4v) is 7.28. The van der Waals surface area contributed by atoms with Crippen molar-refractivity contribution in [1.82, 2.24) is 5.32 Å². The molecule has 0 spiro atoms. The van der Waals surface area contributed by atoms with Gasteiger partial charge in [-0.25, -0.2) is 0 Å². The van der Waals surface area contributed by atoms with Gasteiger partial charge in [-0.05, 0) is 38.5 Å². The third-order valence-corrected chi connectivity index (χ3v) is 11.0. The summed E-state index contributed by atoms with van der Waals surface area (Å²) in [6.45, 7) is 6.31. The predicted molar refractivity (Wildman–Crippen MR) is 250 cm³/mol. The third-order valence-electron chi connectivity index (χ3n) is 11.0. The maximum atomic E-state index is 13.1. The van der Waals surface area contributed by atoms with Crippen molar-refractivity contribution in [2.45, 2.75) is 251 Å². The second-order valence-corrected chi connectivity index (χ2v) is 16.6. The van der Waals surface area contributed by atoms with Gasteiger partial charge in [0.15, 0.2) is 0 Å². The first-order chi connectivity index (χ1) is 28.5. The van der Waals surface area contributed by atoms with Gasteiger partial charge in [0.05, 0.1) is 25.2 Å². The van der Waals surface area contributed by atoms with Gasteiger partial charge in [-0.3, -0.25) is 9.59 Å². The van der Waals surface area contributed by atoms with Crippen molar-refractivity contribution in [3.63, 3.8) is 0 Å².